The molecule has 0 aromatic heterocycles. The minimum Gasteiger partial charge on any atom is -0.293 e. The molecule has 1 aliphatic carbocycles. The molecule has 0 aliphatic heterocycles. The molecule has 195 valence electrons. The summed E-state index contributed by atoms with van der Waals surface area (Å²) in [7, 11) is -2.45. The Morgan fingerprint density at radius 1 is 0.667 bits per heavy atom. The van der Waals surface area contributed by atoms with Gasteiger partial charge in [-0.3, -0.25) is 14.2 Å². The van der Waals surface area contributed by atoms with Crippen molar-refractivity contribution in [1.29, 1.82) is 0 Å². The van der Waals surface area contributed by atoms with Crippen LogP contribution in [-0.2, 0) is 15.4 Å². The third kappa shape index (κ3) is 5.28. The summed E-state index contributed by atoms with van der Waals surface area (Å²) in [5.74, 6) is -0.103. The lowest BCUT2D eigenvalue weighted by molar-refractivity contribution is 0.0902. The Labute approximate surface area is 219 Å². The Hall–Kier alpha value is -2.12. The average Bonchev–Trinajstić information content (AvgIpc) is 2.76. The number of hydrogen-bond donors (Lipinski definition) is 0. The Bertz CT molecular complexity index is 1170. The van der Waals surface area contributed by atoms with Gasteiger partial charge in [-0.25, -0.2) is 0 Å². The van der Waals surface area contributed by atoms with Crippen LogP contribution in [0.25, 0.3) is 0 Å². The standard InChI is InChI=1S/C32H44O3P/c1-20-16-24(30(5,6)7)17-21(2)26(20)28(33)32(14-12-11-13-15-32)36(35)29(34)27-22(3)18-25(19-23(27)4)31(8,9)10/h16-19H,11-15H2,1-10H3. The summed E-state index contributed by atoms with van der Waals surface area (Å²) in [6, 6.07) is 8.26. The summed E-state index contributed by atoms with van der Waals surface area (Å²) in [4.78, 5) is 28.2. The quantitative estimate of drug-likeness (QED) is 0.300. The molecule has 0 saturated heterocycles. The van der Waals surface area contributed by atoms with E-state index in [1.165, 1.54) is 5.56 Å². The second kappa shape index (κ2) is 9.97. The fraction of sp³-hybridized carbons (Fsp3) is 0.562. The van der Waals surface area contributed by atoms with Crippen molar-refractivity contribution in [2.75, 3.05) is 0 Å². The van der Waals surface area contributed by atoms with Crippen LogP contribution in [0.5, 0.6) is 0 Å². The molecule has 1 saturated carbocycles. The van der Waals surface area contributed by atoms with E-state index in [2.05, 4.69) is 53.7 Å². The highest BCUT2D eigenvalue weighted by Crippen LogP contribution is 2.54. The van der Waals surface area contributed by atoms with Gasteiger partial charge >= 0.3 is 0 Å². The first-order chi connectivity index (χ1) is 16.5. The van der Waals surface area contributed by atoms with Crippen LogP contribution in [-0.4, -0.2) is 16.5 Å². The Balaban J connectivity index is 2.11. The van der Waals surface area contributed by atoms with Crippen molar-refractivity contribution >= 4 is 19.1 Å². The molecule has 2 aromatic carbocycles. The van der Waals surface area contributed by atoms with Crippen LogP contribution in [0.2, 0.25) is 0 Å². The Morgan fingerprint density at radius 2 is 1.03 bits per heavy atom. The number of Topliss-reactive ketones (excluding diaryl/α,β-unsaturated/α-hetero) is 1. The highest BCUT2D eigenvalue weighted by Gasteiger charge is 2.49. The molecular weight excluding hydrogens is 463 g/mol. The zero-order chi connectivity index (χ0) is 27.2. The van der Waals surface area contributed by atoms with E-state index in [1.807, 2.05) is 39.8 Å². The third-order valence-corrected chi connectivity index (χ3v) is 9.94. The number of carbonyl (C=O) groups excluding carboxylic acids is 2. The van der Waals surface area contributed by atoms with Gasteiger partial charge in [-0.2, -0.15) is 0 Å². The summed E-state index contributed by atoms with van der Waals surface area (Å²) in [6.45, 7) is 20.7. The highest BCUT2D eigenvalue weighted by atomic mass is 31.1. The number of carbonyl (C=O) groups is 2. The maximum Gasteiger partial charge on any atom is 0.243 e. The van der Waals surface area contributed by atoms with E-state index in [4.69, 9.17) is 0 Å². The molecular formula is C32H44O3P. The van der Waals surface area contributed by atoms with E-state index in [-0.39, 0.29) is 22.1 Å². The molecule has 4 heteroatoms. The van der Waals surface area contributed by atoms with E-state index < -0.39 is 13.0 Å². The first-order valence-electron chi connectivity index (χ1n) is 13.3. The predicted octanol–water partition coefficient (Wildman–Crippen LogP) is 9.07. The van der Waals surface area contributed by atoms with E-state index in [0.717, 1.165) is 47.1 Å². The van der Waals surface area contributed by atoms with Gasteiger partial charge in [0.1, 0.15) is 5.16 Å². The van der Waals surface area contributed by atoms with Crippen LogP contribution in [0.4, 0.5) is 0 Å². The Kier molecular flexibility index (Phi) is 7.88. The van der Waals surface area contributed by atoms with Gasteiger partial charge in [-0.15, -0.1) is 0 Å². The molecule has 0 amide bonds. The van der Waals surface area contributed by atoms with Gasteiger partial charge in [0.2, 0.25) is 5.52 Å². The van der Waals surface area contributed by atoms with Crippen LogP contribution in [0.15, 0.2) is 24.3 Å². The molecule has 2 aromatic rings. The van der Waals surface area contributed by atoms with E-state index in [1.54, 1.807) is 0 Å². The predicted molar refractivity (Wildman–Crippen MR) is 151 cm³/mol. The van der Waals surface area contributed by atoms with Gasteiger partial charge in [0.25, 0.3) is 0 Å². The van der Waals surface area contributed by atoms with Crippen molar-refractivity contribution in [3.8, 4) is 0 Å². The fourth-order valence-electron chi connectivity index (χ4n) is 5.68. The summed E-state index contributed by atoms with van der Waals surface area (Å²) < 4.78 is 14.2. The number of rotatable bonds is 5. The van der Waals surface area contributed by atoms with Gasteiger partial charge in [-0.05, 0) is 84.7 Å². The van der Waals surface area contributed by atoms with E-state index in [9.17, 15) is 14.2 Å². The van der Waals surface area contributed by atoms with Crippen molar-refractivity contribution in [3.63, 3.8) is 0 Å². The molecule has 36 heavy (non-hydrogen) atoms. The minimum atomic E-state index is -2.45. The summed E-state index contributed by atoms with van der Waals surface area (Å²) in [5, 5.41) is -1.13. The number of aryl methyl sites for hydroxylation is 4. The zero-order valence-corrected chi connectivity index (χ0v) is 24.9. The fourth-order valence-corrected chi connectivity index (χ4v) is 7.64. The molecule has 0 spiro atoms. The van der Waals surface area contributed by atoms with Crippen LogP contribution in [0.3, 0.4) is 0 Å². The lowest BCUT2D eigenvalue weighted by atomic mass is 9.78. The van der Waals surface area contributed by atoms with Crippen molar-refractivity contribution in [2.45, 2.75) is 117 Å². The van der Waals surface area contributed by atoms with E-state index >= 15 is 0 Å². The molecule has 0 N–H and O–H groups in total. The third-order valence-electron chi connectivity index (χ3n) is 7.91. The maximum atomic E-state index is 14.3. The van der Waals surface area contributed by atoms with E-state index in [0.29, 0.717) is 24.0 Å². The molecule has 0 heterocycles. The maximum absolute atomic E-state index is 14.3. The number of hydrogen-bond acceptors (Lipinski definition) is 3. The van der Waals surface area contributed by atoms with Crippen molar-refractivity contribution in [2.24, 2.45) is 0 Å². The molecule has 1 unspecified atom stereocenters. The molecule has 1 atom stereocenters. The Morgan fingerprint density at radius 3 is 1.39 bits per heavy atom. The topological polar surface area (TPSA) is 51.2 Å². The molecule has 3 nitrogen and oxygen atoms in total. The van der Waals surface area contributed by atoms with Crippen LogP contribution >= 0.6 is 7.80 Å². The molecule has 3 rings (SSSR count). The monoisotopic (exact) mass is 507 g/mol. The lowest BCUT2D eigenvalue weighted by Gasteiger charge is -2.35. The van der Waals surface area contributed by atoms with Gasteiger partial charge in [-0.1, -0.05) is 85.1 Å². The first kappa shape index (κ1) is 28.5. The SMILES string of the molecule is Cc1cc(C(C)(C)C)cc(C)c1C(=O)[P](=O)C1(C(=O)c2c(C)cc(C(C)(C)C)cc2C)CCCCC1. The summed E-state index contributed by atoms with van der Waals surface area (Å²) in [5.41, 5.74) is 6.56. The van der Waals surface area contributed by atoms with Crippen molar-refractivity contribution < 1.29 is 14.2 Å². The molecule has 1 radical (unpaired) electrons. The summed E-state index contributed by atoms with van der Waals surface area (Å²) in [6.07, 6.45) is 3.65. The van der Waals surface area contributed by atoms with Crippen molar-refractivity contribution in [1.82, 2.24) is 0 Å². The second-order valence-electron chi connectivity index (χ2n) is 13.0. The van der Waals surface area contributed by atoms with Gasteiger partial charge < -0.3 is 0 Å². The van der Waals surface area contributed by atoms with Crippen molar-refractivity contribution in [3.05, 3.63) is 68.8 Å². The molecule has 0 bridgehead atoms. The average molecular weight is 508 g/mol. The molecule has 1 fully saturated rings. The largest absolute Gasteiger partial charge is 0.293 e. The first-order valence-corrected chi connectivity index (χ1v) is 14.6. The van der Waals surface area contributed by atoms with Crippen LogP contribution in [0, 0.1) is 27.7 Å². The molecule has 1 aliphatic rings. The number of benzene rings is 2. The smallest absolute Gasteiger partial charge is 0.243 e. The minimum absolute atomic E-state index is 0.0327. The normalized spacial score (nSPS) is 16.6. The van der Waals surface area contributed by atoms with Gasteiger partial charge in [0, 0.05) is 11.1 Å². The number of ketones is 1. The van der Waals surface area contributed by atoms with Gasteiger partial charge in [0.15, 0.2) is 13.6 Å². The van der Waals surface area contributed by atoms with Gasteiger partial charge in [0.05, 0.1) is 0 Å². The van der Waals surface area contributed by atoms with Crippen LogP contribution < -0.4 is 0 Å². The lowest BCUT2D eigenvalue weighted by Crippen LogP contribution is -2.39. The zero-order valence-electron chi connectivity index (χ0n) is 24.0. The van der Waals surface area contributed by atoms with Crippen LogP contribution in [0.1, 0.15) is 128 Å². The summed E-state index contributed by atoms with van der Waals surface area (Å²) >= 11 is 0. The highest BCUT2D eigenvalue weighted by molar-refractivity contribution is 7.67. The second-order valence-corrected chi connectivity index (χ2v) is 14.8.